The SMILES string of the molecule is C=CCCCOC(=O)[C@@H]1[C@H]2C(=O)N(CCO)C(C(=O)N(CC=C)c3c(C)cccc3C)C23S[C@@H]1CC3C. The van der Waals surface area contributed by atoms with Crippen LogP contribution < -0.4 is 4.90 Å². The zero-order valence-corrected chi connectivity index (χ0v) is 22.8. The maximum Gasteiger partial charge on any atom is 0.310 e. The van der Waals surface area contributed by atoms with Crippen LogP contribution in [0.3, 0.4) is 0 Å². The summed E-state index contributed by atoms with van der Waals surface area (Å²) in [5.41, 5.74) is 2.73. The summed E-state index contributed by atoms with van der Waals surface area (Å²) < 4.78 is 4.86. The highest BCUT2D eigenvalue weighted by Gasteiger charge is 2.76. The number of benzene rings is 1. The molecule has 3 saturated heterocycles. The summed E-state index contributed by atoms with van der Waals surface area (Å²) in [5.74, 6) is -1.98. The molecule has 0 aliphatic carbocycles. The lowest BCUT2D eigenvalue weighted by Crippen LogP contribution is -2.57. The maximum absolute atomic E-state index is 14.5. The number of aryl methyl sites for hydroxylation is 2. The number of ether oxygens (including phenoxy) is 1. The third-order valence-electron chi connectivity index (χ3n) is 8.18. The maximum atomic E-state index is 14.5. The predicted octanol–water partition coefficient (Wildman–Crippen LogP) is 3.66. The molecule has 2 bridgehead atoms. The molecule has 2 amide bonds. The van der Waals surface area contributed by atoms with Crippen molar-refractivity contribution >= 4 is 35.2 Å². The molecule has 3 unspecified atom stereocenters. The number of hydrogen-bond donors (Lipinski definition) is 1. The minimum Gasteiger partial charge on any atom is -0.465 e. The van der Waals surface area contributed by atoms with Gasteiger partial charge in [0.1, 0.15) is 6.04 Å². The second-order valence-electron chi connectivity index (χ2n) is 10.4. The van der Waals surface area contributed by atoms with Crippen molar-refractivity contribution in [3.8, 4) is 0 Å². The number of carbonyl (C=O) groups excluding carboxylic acids is 3. The van der Waals surface area contributed by atoms with Gasteiger partial charge in [0.15, 0.2) is 0 Å². The van der Waals surface area contributed by atoms with Gasteiger partial charge in [-0.15, -0.1) is 24.9 Å². The number of amides is 2. The lowest BCUT2D eigenvalue weighted by atomic mass is 9.66. The molecule has 200 valence electrons. The van der Waals surface area contributed by atoms with Crippen molar-refractivity contribution in [2.24, 2.45) is 17.8 Å². The van der Waals surface area contributed by atoms with E-state index in [1.54, 1.807) is 28.8 Å². The molecule has 0 aromatic heterocycles. The molecule has 0 saturated carbocycles. The first-order valence-electron chi connectivity index (χ1n) is 13.1. The second-order valence-corrected chi connectivity index (χ2v) is 11.9. The van der Waals surface area contributed by atoms with Gasteiger partial charge in [0, 0.05) is 24.0 Å². The van der Waals surface area contributed by atoms with E-state index in [2.05, 4.69) is 20.1 Å². The van der Waals surface area contributed by atoms with E-state index in [1.807, 2.05) is 32.0 Å². The number of fused-ring (bicyclic) bond motifs is 1. The van der Waals surface area contributed by atoms with Crippen molar-refractivity contribution in [2.75, 3.05) is 31.2 Å². The molecule has 4 rings (SSSR count). The lowest BCUT2D eigenvalue weighted by Gasteiger charge is -2.40. The van der Waals surface area contributed by atoms with Gasteiger partial charge >= 0.3 is 5.97 Å². The average molecular weight is 527 g/mol. The van der Waals surface area contributed by atoms with Crippen molar-refractivity contribution in [2.45, 2.75) is 56.1 Å². The summed E-state index contributed by atoms with van der Waals surface area (Å²) in [6.07, 6.45) is 5.65. The van der Waals surface area contributed by atoms with Crippen LogP contribution in [-0.4, -0.2) is 70.1 Å². The van der Waals surface area contributed by atoms with Crippen LogP contribution in [0.5, 0.6) is 0 Å². The summed E-state index contributed by atoms with van der Waals surface area (Å²) >= 11 is 1.61. The van der Waals surface area contributed by atoms with Crippen LogP contribution in [0, 0.1) is 31.6 Å². The first-order valence-corrected chi connectivity index (χ1v) is 14.0. The predicted molar refractivity (Wildman–Crippen MR) is 146 cm³/mol. The first-order chi connectivity index (χ1) is 17.7. The molecule has 6 atom stereocenters. The van der Waals surface area contributed by atoms with Crippen molar-refractivity contribution < 1.29 is 24.2 Å². The third kappa shape index (κ3) is 4.42. The standard InChI is InChI=1S/C29H38N2O5S/c1-6-8-9-16-36-28(35)22-21-17-20(5)29(37-21)23(22)26(33)31(14-15-32)25(29)27(34)30(13-7-2)24-18(3)11-10-12-19(24)4/h6-7,10-12,20-23,25,32H,1-2,8-9,13-17H2,3-5H3/t20?,21-,22+,23+,25?,29?/m1/s1. The number of aliphatic hydroxyl groups is 1. The molecule has 0 radical (unpaired) electrons. The molecule has 7 nitrogen and oxygen atoms in total. The number of allylic oxidation sites excluding steroid dienone is 1. The van der Waals surface area contributed by atoms with Gasteiger partial charge in [-0.2, -0.15) is 0 Å². The fourth-order valence-corrected chi connectivity index (χ4v) is 9.12. The number of aliphatic hydroxyl groups excluding tert-OH is 1. The Kier molecular flexibility index (Phi) is 8.19. The number of para-hydroxylation sites is 1. The van der Waals surface area contributed by atoms with Crippen LogP contribution in [-0.2, 0) is 19.1 Å². The number of rotatable bonds is 11. The number of β-amino-alcohol motifs (C(OH)–C–C–N with tert-alkyl or cyclic N) is 1. The normalized spacial score (nSPS) is 29.8. The van der Waals surface area contributed by atoms with Gasteiger partial charge in [0.25, 0.3) is 5.91 Å². The van der Waals surface area contributed by atoms with Crippen molar-refractivity contribution in [3.63, 3.8) is 0 Å². The third-order valence-corrected chi connectivity index (χ3v) is 10.3. The van der Waals surface area contributed by atoms with Gasteiger partial charge in [-0.25, -0.2) is 0 Å². The topological polar surface area (TPSA) is 87.1 Å². The molecule has 8 heteroatoms. The average Bonchev–Trinajstić information content (AvgIpc) is 3.45. The zero-order chi connectivity index (χ0) is 26.9. The number of thioether (sulfide) groups is 1. The van der Waals surface area contributed by atoms with E-state index in [-0.39, 0.29) is 48.7 Å². The van der Waals surface area contributed by atoms with Gasteiger partial charge in [-0.3, -0.25) is 14.4 Å². The van der Waals surface area contributed by atoms with Crippen LogP contribution in [0.4, 0.5) is 5.69 Å². The molecule has 1 aromatic rings. The van der Waals surface area contributed by atoms with E-state index >= 15 is 0 Å². The van der Waals surface area contributed by atoms with Gasteiger partial charge in [0.05, 0.1) is 29.8 Å². The van der Waals surface area contributed by atoms with Crippen LogP contribution in [0.15, 0.2) is 43.5 Å². The fourth-order valence-electron chi connectivity index (χ4n) is 6.71. The van der Waals surface area contributed by atoms with E-state index in [4.69, 9.17) is 4.74 Å². The second kappa shape index (κ2) is 11.0. The van der Waals surface area contributed by atoms with E-state index in [0.29, 0.717) is 13.0 Å². The lowest BCUT2D eigenvalue weighted by molar-refractivity contribution is -0.154. The van der Waals surface area contributed by atoms with Crippen molar-refractivity contribution in [1.82, 2.24) is 4.90 Å². The molecule has 3 aliphatic rings. The molecule has 1 N–H and O–H groups in total. The number of esters is 1. The van der Waals surface area contributed by atoms with Crippen LogP contribution in [0.1, 0.15) is 37.3 Å². The molecule has 3 heterocycles. The van der Waals surface area contributed by atoms with E-state index < -0.39 is 22.6 Å². The van der Waals surface area contributed by atoms with E-state index in [9.17, 15) is 19.5 Å². The van der Waals surface area contributed by atoms with Crippen molar-refractivity contribution in [1.29, 1.82) is 0 Å². The molecular formula is C29H38N2O5S. The van der Waals surface area contributed by atoms with Crippen LogP contribution in [0.25, 0.3) is 0 Å². The summed E-state index contributed by atoms with van der Waals surface area (Å²) in [6.45, 7) is 14.0. The largest absolute Gasteiger partial charge is 0.465 e. The van der Waals surface area contributed by atoms with Crippen LogP contribution in [0.2, 0.25) is 0 Å². The molecule has 37 heavy (non-hydrogen) atoms. The Balaban J connectivity index is 1.75. The number of nitrogens with zero attached hydrogens (tertiary/aromatic N) is 2. The highest BCUT2D eigenvalue weighted by Crippen LogP contribution is 2.68. The minimum atomic E-state index is -0.792. The van der Waals surface area contributed by atoms with E-state index in [1.165, 1.54) is 4.90 Å². The Labute approximate surface area is 223 Å². The summed E-state index contributed by atoms with van der Waals surface area (Å²) in [4.78, 5) is 45.0. The number of unbranched alkanes of at least 4 members (excludes halogenated alkanes) is 1. The van der Waals surface area contributed by atoms with Crippen molar-refractivity contribution in [3.05, 3.63) is 54.6 Å². The highest BCUT2D eigenvalue weighted by molar-refractivity contribution is 8.02. The summed E-state index contributed by atoms with van der Waals surface area (Å²) in [7, 11) is 0. The molecule has 1 aromatic carbocycles. The fraction of sp³-hybridized carbons (Fsp3) is 0.552. The van der Waals surface area contributed by atoms with Crippen LogP contribution >= 0.6 is 11.8 Å². The van der Waals surface area contributed by atoms with Gasteiger partial charge in [-0.1, -0.05) is 37.3 Å². The molecule has 1 spiro atoms. The summed E-state index contributed by atoms with van der Waals surface area (Å²) in [5, 5.41) is 9.81. The molecular weight excluding hydrogens is 488 g/mol. The number of hydrogen-bond acceptors (Lipinski definition) is 6. The number of anilines is 1. The van der Waals surface area contributed by atoms with Gasteiger partial charge in [0.2, 0.25) is 5.91 Å². The Bertz CT molecular complexity index is 1070. The quantitative estimate of drug-likeness (QED) is 0.269. The Morgan fingerprint density at radius 3 is 2.59 bits per heavy atom. The number of carbonyl (C=O) groups is 3. The Hall–Kier alpha value is -2.58. The zero-order valence-electron chi connectivity index (χ0n) is 22.0. The first kappa shape index (κ1) is 27.5. The minimum absolute atomic E-state index is 0.0429. The monoisotopic (exact) mass is 526 g/mol. The van der Waals surface area contributed by atoms with Gasteiger partial charge in [-0.05, 0) is 50.2 Å². The smallest absolute Gasteiger partial charge is 0.310 e. The molecule has 3 aliphatic heterocycles. The molecule has 3 fully saturated rings. The highest BCUT2D eigenvalue weighted by atomic mass is 32.2. The van der Waals surface area contributed by atoms with Gasteiger partial charge < -0.3 is 19.6 Å². The Morgan fingerprint density at radius 1 is 1.27 bits per heavy atom. The van der Waals surface area contributed by atoms with E-state index in [0.717, 1.165) is 29.7 Å². The number of likely N-dealkylation sites (tertiary alicyclic amines) is 1. The Morgan fingerprint density at radius 2 is 1.97 bits per heavy atom. The summed E-state index contributed by atoms with van der Waals surface area (Å²) in [6, 6.07) is 5.10.